The first-order chi connectivity index (χ1) is 8.96. The zero-order valence-electron chi connectivity index (χ0n) is 11.3. The van der Waals surface area contributed by atoms with Gasteiger partial charge < -0.3 is 5.11 Å². The van der Waals surface area contributed by atoms with Crippen LogP contribution in [0.15, 0.2) is 0 Å². The molecule has 0 amide bonds. The van der Waals surface area contributed by atoms with Gasteiger partial charge in [-0.1, -0.05) is 13.3 Å². The number of carbonyl (C=O) groups is 1. The third-order valence-electron chi connectivity index (χ3n) is 4.21. The third-order valence-corrected chi connectivity index (χ3v) is 6.26. The molecule has 2 unspecified atom stereocenters. The summed E-state index contributed by atoms with van der Waals surface area (Å²) in [4.78, 5) is 11.4. The van der Waals surface area contributed by atoms with Crippen LogP contribution in [0.4, 0.5) is 0 Å². The number of piperidine rings is 1. The average Bonchev–Trinajstić information content (AvgIpc) is 2.92. The highest BCUT2D eigenvalue weighted by molar-refractivity contribution is 7.86. The van der Waals surface area contributed by atoms with Gasteiger partial charge in [0.15, 0.2) is 0 Å². The molecule has 6 nitrogen and oxygen atoms in total. The molecule has 110 valence electrons. The summed E-state index contributed by atoms with van der Waals surface area (Å²) in [7, 11) is -3.60. The Morgan fingerprint density at radius 3 is 2.42 bits per heavy atom. The average molecular weight is 290 g/mol. The minimum Gasteiger partial charge on any atom is -0.480 e. The molecule has 0 aromatic carbocycles. The lowest BCUT2D eigenvalue weighted by molar-refractivity contribution is -0.143. The fourth-order valence-electron chi connectivity index (χ4n) is 2.95. The van der Waals surface area contributed by atoms with Crippen LogP contribution in [0.5, 0.6) is 0 Å². The van der Waals surface area contributed by atoms with Crippen molar-refractivity contribution in [3.63, 3.8) is 0 Å². The second-order valence-electron chi connectivity index (χ2n) is 5.38. The highest BCUT2D eigenvalue weighted by Gasteiger charge is 2.42. The van der Waals surface area contributed by atoms with Crippen molar-refractivity contribution in [1.29, 1.82) is 0 Å². The molecule has 1 N–H and O–H groups in total. The van der Waals surface area contributed by atoms with E-state index >= 15 is 0 Å². The van der Waals surface area contributed by atoms with Gasteiger partial charge in [0.1, 0.15) is 6.04 Å². The maximum Gasteiger partial charge on any atom is 0.322 e. The summed E-state index contributed by atoms with van der Waals surface area (Å²) in [5, 5.41) is 9.30. The molecule has 0 aromatic rings. The van der Waals surface area contributed by atoms with Crippen LogP contribution >= 0.6 is 0 Å². The topological polar surface area (TPSA) is 77.9 Å². The number of carboxylic acids is 1. The van der Waals surface area contributed by atoms with Crippen molar-refractivity contribution in [2.45, 2.75) is 45.1 Å². The van der Waals surface area contributed by atoms with Crippen LogP contribution in [0.25, 0.3) is 0 Å². The number of aliphatic carboxylic acids is 1. The van der Waals surface area contributed by atoms with E-state index in [0.29, 0.717) is 32.0 Å². The first-order valence-electron chi connectivity index (χ1n) is 6.96. The molecule has 19 heavy (non-hydrogen) atoms. The quantitative estimate of drug-likeness (QED) is 0.834. The Morgan fingerprint density at radius 1 is 1.26 bits per heavy atom. The van der Waals surface area contributed by atoms with Crippen molar-refractivity contribution >= 4 is 16.2 Å². The van der Waals surface area contributed by atoms with Gasteiger partial charge in [-0.15, -0.1) is 0 Å². The van der Waals surface area contributed by atoms with Crippen LogP contribution in [0.3, 0.4) is 0 Å². The zero-order valence-corrected chi connectivity index (χ0v) is 12.1. The Balaban J connectivity index is 2.19. The maximum atomic E-state index is 12.5. The van der Waals surface area contributed by atoms with Gasteiger partial charge in [0, 0.05) is 19.6 Å². The normalized spacial score (nSPS) is 30.6. The Bertz CT molecular complexity index is 431. The molecular formula is C12H22N2O4S. The zero-order chi connectivity index (χ0) is 14.0. The minimum absolute atomic E-state index is 0.311. The Morgan fingerprint density at radius 2 is 1.89 bits per heavy atom. The number of hydrogen-bond donors (Lipinski definition) is 1. The summed E-state index contributed by atoms with van der Waals surface area (Å²) in [6.07, 6.45) is 3.82. The molecule has 7 heteroatoms. The summed E-state index contributed by atoms with van der Waals surface area (Å²) in [5.41, 5.74) is 0. The second-order valence-corrected chi connectivity index (χ2v) is 7.26. The molecule has 2 rings (SSSR count). The molecule has 2 heterocycles. The van der Waals surface area contributed by atoms with Crippen molar-refractivity contribution in [3.8, 4) is 0 Å². The summed E-state index contributed by atoms with van der Waals surface area (Å²) in [6.45, 7) is 3.38. The number of nitrogens with zero attached hydrogens (tertiary/aromatic N) is 2. The highest BCUT2D eigenvalue weighted by Crippen LogP contribution is 2.29. The molecule has 2 fully saturated rings. The molecule has 2 aliphatic rings. The number of carboxylic acid groups (broad SMARTS) is 1. The van der Waals surface area contributed by atoms with E-state index in [1.807, 2.05) is 6.92 Å². The summed E-state index contributed by atoms with van der Waals surface area (Å²) in [5.74, 6) is -0.716. The van der Waals surface area contributed by atoms with Gasteiger partial charge in [-0.3, -0.25) is 4.79 Å². The molecule has 0 bridgehead atoms. The highest BCUT2D eigenvalue weighted by atomic mass is 32.2. The van der Waals surface area contributed by atoms with Crippen molar-refractivity contribution in [2.24, 2.45) is 5.92 Å². The van der Waals surface area contributed by atoms with E-state index in [1.165, 1.54) is 8.61 Å². The molecule has 0 spiro atoms. The molecule has 0 radical (unpaired) electrons. The van der Waals surface area contributed by atoms with E-state index in [4.69, 9.17) is 0 Å². The standard InChI is InChI=1S/C12H22N2O4S/c1-2-10-5-8-14(11(9-10)12(15)16)19(17,18)13-6-3-4-7-13/h10-11H,2-9H2,1H3,(H,15,16). The van der Waals surface area contributed by atoms with E-state index in [0.717, 1.165) is 25.7 Å². The van der Waals surface area contributed by atoms with Crippen LogP contribution in [-0.4, -0.2) is 53.8 Å². The molecule has 2 saturated heterocycles. The monoisotopic (exact) mass is 290 g/mol. The van der Waals surface area contributed by atoms with Crippen molar-refractivity contribution in [1.82, 2.24) is 8.61 Å². The van der Waals surface area contributed by atoms with Crippen molar-refractivity contribution in [2.75, 3.05) is 19.6 Å². The fraction of sp³-hybridized carbons (Fsp3) is 0.917. The Hall–Kier alpha value is -0.660. The van der Waals surface area contributed by atoms with E-state index in [1.54, 1.807) is 0 Å². The number of rotatable bonds is 4. The summed E-state index contributed by atoms with van der Waals surface area (Å²) < 4.78 is 27.6. The predicted octanol–water partition coefficient (Wildman–Crippen LogP) is 0.902. The molecule has 2 atom stereocenters. The maximum absolute atomic E-state index is 12.5. The molecule has 2 aliphatic heterocycles. The molecule has 0 aliphatic carbocycles. The van der Waals surface area contributed by atoms with Gasteiger partial charge in [0.2, 0.25) is 0 Å². The lowest BCUT2D eigenvalue weighted by Crippen LogP contribution is -2.54. The van der Waals surface area contributed by atoms with E-state index in [9.17, 15) is 18.3 Å². The SMILES string of the molecule is CCC1CCN(S(=O)(=O)N2CCCC2)C(C(=O)O)C1. The van der Waals surface area contributed by atoms with Crippen LogP contribution < -0.4 is 0 Å². The minimum atomic E-state index is -3.60. The first kappa shape index (κ1) is 14.7. The molecule has 0 saturated carbocycles. The largest absolute Gasteiger partial charge is 0.480 e. The van der Waals surface area contributed by atoms with Gasteiger partial charge in [0.05, 0.1) is 0 Å². The van der Waals surface area contributed by atoms with Gasteiger partial charge in [0.25, 0.3) is 10.2 Å². The van der Waals surface area contributed by atoms with Crippen molar-refractivity contribution in [3.05, 3.63) is 0 Å². The van der Waals surface area contributed by atoms with Crippen LogP contribution in [-0.2, 0) is 15.0 Å². The smallest absolute Gasteiger partial charge is 0.322 e. The van der Waals surface area contributed by atoms with Crippen LogP contribution in [0.2, 0.25) is 0 Å². The third kappa shape index (κ3) is 2.93. The summed E-state index contributed by atoms with van der Waals surface area (Å²) in [6, 6.07) is -0.899. The Labute approximate surface area is 114 Å². The van der Waals surface area contributed by atoms with Gasteiger partial charge in [-0.25, -0.2) is 0 Å². The van der Waals surface area contributed by atoms with Gasteiger partial charge >= 0.3 is 5.97 Å². The Kier molecular flexibility index (Phi) is 4.47. The van der Waals surface area contributed by atoms with Crippen molar-refractivity contribution < 1.29 is 18.3 Å². The van der Waals surface area contributed by atoms with E-state index in [-0.39, 0.29) is 0 Å². The predicted molar refractivity (Wildman–Crippen MR) is 70.9 cm³/mol. The first-order valence-corrected chi connectivity index (χ1v) is 8.36. The second kappa shape index (κ2) is 5.76. The lowest BCUT2D eigenvalue weighted by Gasteiger charge is -2.37. The van der Waals surface area contributed by atoms with Crippen LogP contribution in [0, 0.1) is 5.92 Å². The van der Waals surface area contributed by atoms with Crippen LogP contribution in [0.1, 0.15) is 39.0 Å². The van der Waals surface area contributed by atoms with E-state index < -0.39 is 22.2 Å². The lowest BCUT2D eigenvalue weighted by atomic mass is 9.90. The van der Waals surface area contributed by atoms with Gasteiger partial charge in [-0.2, -0.15) is 17.0 Å². The van der Waals surface area contributed by atoms with E-state index in [2.05, 4.69) is 0 Å². The fourth-order valence-corrected chi connectivity index (χ4v) is 4.81. The summed E-state index contributed by atoms with van der Waals surface area (Å²) >= 11 is 0. The molecule has 0 aromatic heterocycles. The molecular weight excluding hydrogens is 268 g/mol. The van der Waals surface area contributed by atoms with Gasteiger partial charge in [-0.05, 0) is 31.6 Å². The number of hydrogen-bond acceptors (Lipinski definition) is 3.